The highest BCUT2D eigenvalue weighted by Gasteiger charge is 2.26. The van der Waals surface area contributed by atoms with Gasteiger partial charge in [0.2, 0.25) is 0 Å². The van der Waals surface area contributed by atoms with E-state index >= 15 is 0 Å². The third kappa shape index (κ3) is 3.73. The molecule has 0 heterocycles. The topological polar surface area (TPSA) is 20.2 Å². The van der Waals surface area contributed by atoms with Crippen LogP contribution in [0.1, 0.15) is 25.7 Å². The molecule has 1 saturated carbocycles. The molecule has 2 aromatic carbocycles. The molecular weight excluding hydrogens is 275 g/mol. The Bertz CT molecular complexity index is 501. The van der Waals surface area contributed by atoms with Gasteiger partial charge in [-0.2, -0.15) is 0 Å². The molecule has 110 valence electrons. The number of aliphatic hydroxyl groups excluding tert-OH is 1. The van der Waals surface area contributed by atoms with Crippen LogP contribution >= 0.6 is 7.92 Å². The minimum Gasteiger partial charge on any atom is -0.393 e. The Kier molecular flexibility index (Phi) is 5.06. The predicted molar refractivity (Wildman–Crippen MR) is 91.9 cm³/mol. The molecule has 0 radical (unpaired) electrons. The molecule has 1 fully saturated rings. The lowest BCUT2D eigenvalue weighted by Crippen LogP contribution is -2.18. The molecule has 0 aromatic heterocycles. The van der Waals surface area contributed by atoms with Crippen LogP contribution in [-0.4, -0.2) is 17.4 Å². The molecule has 1 aliphatic rings. The van der Waals surface area contributed by atoms with Gasteiger partial charge in [-0.25, -0.2) is 0 Å². The van der Waals surface area contributed by atoms with E-state index in [-0.39, 0.29) is 14.0 Å². The van der Waals surface area contributed by atoms with Gasteiger partial charge in [-0.1, -0.05) is 67.1 Å². The first-order valence-corrected chi connectivity index (χ1v) is 9.43. The highest BCUT2D eigenvalue weighted by Crippen LogP contribution is 2.38. The summed E-state index contributed by atoms with van der Waals surface area (Å²) in [7, 11) is -0.297. The van der Waals surface area contributed by atoms with Crippen molar-refractivity contribution in [3.8, 4) is 0 Å². The normalized spacial score (nSPS) is 21.8. The van der Waals surface area contributed by atoms with Gasteiger partial charge in [0, 0.05) is 0 Å². The third-order valence-corrected chi connectivity index (χ3v) is 7.03. The quantitative estimate of drug-likeness (QED) is 0.835. The zero-order valence-corrected chi connectivity index (χ0v) is 13.3. The summed E-state index contributed by atoms with van der Waals surface area (Å²) in [5.74, 6) is 0.516. The lowest BCUT2D eigenvalue weighted by atomic mass is 10.0. The Morgan fingerprint density at radius 2 is 1.43 bits per heavy atom. The molecule has 0 aliphatic heterocycles. The second-order valence-electron chi connectivity index (χ2n) is 5.87. The maximum atomic E-state index is 10.1. The number of hydrogen-bond acceptors (Lipinski definition) is 1. The Balaban J connectivity index is 1.76. The Morgan fingerprint density at radius 3 is 1.90 bits per heavy atom. The first-order chi connectivity index (χ1) is 10.3. The van der Waals surface area contributed by atoms with E-state index in [1.807, 2.05) is 0 Å². The van der Waals surface area contributed by atoms with Crippen LogP contribution in [0.4, 0.5) is 0 Å². The summed E-state index contributed by atoms with van der Waals surface area (Å²) in [5, 5.41) is 13.0. The average Bonchev–Trinajstić information content (AvgIpc) is 2.95. The zero-order valence-electron chi connectivity index (χ0n) is 12.4. The standard InChI is InChI=1S/C19H23OP/c20-19-13-7-8-16(19)14-15-21(17-9-3-1-4-10-17)18-11-5-2-6-12-18/h1-6,9-12,16,19-20H,7-8,13-15H2/t16-,19+/m1/s1. The molecule has 2 aromatic rings. The van der Waals surface area contributed by atoms with E-state index in [0.29, 0.717) is 5.92 Å². The van der Waals surface area contributed by atoms with E-state index in [1.54, 1.807) is 0 Å². The van der Waals surface area contributed by atoms with Gasteiger partial charge in [0.1, 0.15) is 0 Å². The minimum atomic E-state index is -0.297. The van der Waals surface area contributed by atoms with Crippen LogP contribution in [0, 0.1) is 5.92 Å². The molecular formula is C19H23OP. The van der Waals surface area contributed by atoms with Crippen molar-refractivity contribution in [3.05, 3.63) is 60.7 Å². The van der Waals surface area contributed by atoms with Crippen molar-refractivity contribution in [3.63, 3.8) is 0 Å². The summed E-state index contributed by atoms with van der Waals surface area (Å²) in [6.45, 7) is 0. The smallest absolute Gasteiger partial charge is 0.0568 e. The van der Waals surface area contributed by atoms with Crippen molar-refractivity contribution in [1.82, 2.24) is 0 Å². The highest BCUT2D eigenvalue weighted by atomic mass is 31.1. The van der Waals surface area contributed by atoms with Crippen LogP contribution in [-0.2, 0) is 0 Å². The molecule has 1 aliphatic carbocycles. The summed E-state index contributed by atoms with van der Waals surface area (Å²) >= 11 is 0. The van der Waals surface area contributed by atoms with Gasteiger partial charge in [0.05, 0.1) is 6.10 Å². The van der Waals surface area contributed by atoms with E-state index in [9.17, 15) is 5.11 Å². The van der Waals surface area contributed by atoms with Crippen LogP contribution in [0.3, 0.4) is 0 Å². The Morgan fingerprint density at radius 1 is 0.857 bits per heavy atom. The van der Waals surface area contributed by atoms with Gasteiger partial charge in [0.25, 0.3) is 0 Å². The number of rotatable bonds is 5. The lowest BCUT2D eigenvalue weighted by molar-refractivity contribution is 0.131. The van der Waals surface area contributed by atoms with Gasteiger partial charge < -0.3 is 5.11 Å². The number of aliphatic hydroxyl groups is 1. The molecule has 0 bridgehead atoms. The summed E-state index contributed by atoms with van der Waals surface area (Å²) in [5.41, 5.74) is 0. The van der Waals surface area contributed by atoms with E-state index in [0.717, 1.165) is 12.8 Å². The SMILES string of the molecule is O[C@H]1CCC[C@@H]1CCP(c1ccccc1)c1ccccc1. The van der Waals surface area contributed by atoms with Gasteiger partial charge in [0.15, 0.2) is 0 Å². The molecule has 2 heteroatoms. The fourth-order valence-electron chi connectivity index (χ4n) is 3.27. The molecule has 0 unspecified atom stereocenters. The zero-order chi connectivity index (χ0) is 14.5. The summed E-state index contributed by atoms with van der Waals surface area (Å²) in [6.07, 6.45) is 5.67. The van der Waals surface area contributed by atoms with Crippen molar-refractivity contribution in [2.45, 2.75) is 31.8 Å². The Labute approximate surface area is 128 Å². The highest BCUT2D eigenvalue weighted by molar-refractivity contribution is 7.73. The minimum absolute atomic E-state index is 0.0617. The van der Waals surface area contributed by atoms with Crippen LogP contribution in [0.5, 0.6) is 0 Å². The molecule has 0 spiro atoms. The third-order valence-electron chi connectivity index (χ3n) is 4.48. The van der Waals surface area contributed by atoms with Crippen molar-refractivity contribution >= 4 is 18.5 Å². The number of benzene rings is 2. The fraction of sp³-hybridized carbons (Fsp3) is 0.368. The largest absolute Gasteiger partial charge is 0.393 e. The van der Waals surface area contributed by atoms with E-state index in [2.05, 4.69) is 60.7 Å². The molecule has 0 saturated heterocycles. The summed E-state index contributed by atoms with van der Waals surface area (Å²) < 4.78 is 0. The first kappa shape index (κ1) is 14.8. The van der Waals surface area contributed by atoms with Crippen LogP contribution in [0.15, 0.2) is 60.7 Å². The molecule has 3 rings (SSSR count). The second kappa shape index (κ2) is 7.20. The van der Waals surface area contributed by atoms with Crippen molar-refractivity contribution in [2.75, 3.05) is 6.16 Å². The first-order valence-electron chi connectivity index (χ1n) is 7.90. The van der Waals surface area contributed by atoms with Gasteiger partial charge in [-0.3, -0.25) is 0 Å². The molecule has 2 atom stereocenters. The maximum Gasteiger partial charge on any atom is 0.0568 e. The predicted octanol–water partition coefficient (Wildman–Crippen LogP) is 3.67. The monoisotopic (exact) mass is 298 g/mol. The second-order valence-corrected chi connectivity index (χ2v) is 8.21. The fourth-order valence-corrected chi connectivity index (χ4v) is 5.74. The number of hydrogen-bond donors (Lipinski definition) is 1. The maximum absolute atomic E-state index is 10.1. The van der Waals surface area contributed by atoms with E-state index in [4.69, 9.17) is 0 Å². The Hall–Kier alpha value is -1.17. The average molecular weight is 298 g/mol. The van der Waals surface area contributed by atoms with E-state index in [1.165, 1.54) is 29.6 Å². The van der Waals surface area contributed by atoms with Gasteiger partial charge in [-0.15, -0.1) is 0 Å². The van der Waals surface area contributed by atoms with Crippen molar-refractivity contribution < 1.29 is 5.11 Å². The van der Waals surface area contributed by atoms with Crippen molar-refractivity contribution in [1.29, 1.82) is 0 Å². The lowest BCUT2D eigenvalue weighted by Gasteiger charge is -2.22. The molecule has 0 amide bonds. The van der Waals surface area contributed by atoms with E-state index < -0.39 is 0 Å². The molecule has 21 heavy (non-hydrogen) atoms. The van der Waals surface area contributed by atoms with Crippen LogP contribution in [0.2, 0.25) is 0 Å². The van der Waals surface area contributed by atoms with Gasteiger partial charge >= 0.3 is 0 Å². The molecule has 1 nitrogen and oxygen atoms in total. The summed E-state index contributed by atoms with van der Waals surface area (Å²) in [4.78, 5) is 0. The van der Waals surface area contributed by atoms with Crippen LogP contribution in [0.25, 0.3) is 0 Å². The van der Waals surface area contributed by atoms with Crippen molar-refractivity contribution in [2.24, 2.45) is 5.92 Å². The van der Waals surface area contributed by atoms with Gasteiger partial charge in [-0.05, 0) is 49.9 Å². The summed E-state index contributed by atoms with van der Waals surface area (Å²) in [6, 6.07) is 21.7. The van der Waals surface area contributed by atoms with Crippen LogP contribution < -0.4 is 10.6 Å². The molecule has 1 N–H and O–H groups in total.